The number of allylic oxidation sites excluding steroid dienone is 6. The molecule has 2 unspecified atom stereocenters. The third-order valence-electron chi connectivity index (χ3n) is 18.3. The lowest BCUT2D eigenvalue weighted by molar-refractivity contribution is -0.161. The minimum absolute atomic E-state index is 0.0570. The highest BCUT2D eigenvalue weighted by molar-refractivity contribution is 7.47. The van der Waals surface area contributed by atoms with Crippen molar-refractivity contribution >= 4 is 19.8 Å². The molecule has 10 heteroatoms. The molecule has 3 N–H and O–H groups in total. The van der Waals surface area contributed by atoms with Crippen molar-refractivity contribution in [3.63, 3.8) is 0 Å². The molecule has 532 valence electrons. The molecule has 0 radical (unpaired) electrons. The maximum Gasteiger partial charge on any atom is 0.472 e. The van der Waals surface area contributed by atoms with Crippen molar-refractivity contribution in [2.24, 2.45) is 5.73 Å². The van der Waals surface area contributed by atoms with E-state index in [4.69, 9.17) is 24.3 Å². The molecule has 9 nitrogen and oxygen atoms in total. The summed E-state index contributed by atoms with van der Waals surface area (Å²) in [5.74, 6) is -0.799. The number of phosphoric acid groups is 1. The first kappa shape index (κ1) is 88.2. The summed E-state index contributed by atoms with van der Waals surface area (Å²) < 4.78 is 33.3. The molecule has 0 amide bonds. The van der Waals surface area contributed by atoms with Crippen LogP contribution in [0.3, 0.4) is 0 Å². The summed E-state index contributed by atoms with van der Waals surface area (Å²) in [5, 5.41) is 0. The van der Waals surface area contributed by atoms with Gasteiger partial charge in [0.1, 0.15) is 6.61 Å². The van der Waals surface area contributed by atoms with Gasteiger partial charge in [0.2, 0.25) is 0 Å². The van der Waals surface area contributed by atoms with Gasteiger partial charge in [-0.2, -0.15) is 0 Å². The summed E-state index contributed by atoms with van der Waals surface area (Å²) in [6, 6.07) is 0. The number of nitrogens with two attached hydrogens (primary N) is 1. The van der Waals surface area contributed by atoms with E-state index in [0.29, 0.717) is 6.42 Å². The Kier molecular flexibility index (Phi) is 74.8. The van der Waals surface area contributed by atoms with Gasteiger partial charge in [0.25, 0.3) is 0 Å². The Hall–Kier alpha value is -1.77. The molecule has 0 saturated heterocycles. The number of ether oxygens (including phenoxy) is 2. The Bertz CT molecular complexity index is 1570. The predicted octanol–water partition coefficient (Wildman–Crippen LogP) is 26.6. The van der Waals surface area contributed by atoms with Crippen molar-refractivity contribution < 1.29 is 37.6 Å². The van der Waals surface area contributed by atoms with Crippen LogP contribution in [0.2, 0.25) is 0 Å². The third-order valence-corrected chi connectivity index (χ3v) is 19.3. The Labute approximate surface area is 560 Å². The van der Waals surface area contributed by atoms with Crippen molar-refractivity contribution in [3.8, 4) is 0 Å². The highest BCUT2D eigenvalue weighted by Crippen LogP contribution is 2.43. The zero-order valence-electron chi connectivity index (χ0n) is 60.2. The van der Waals surface area contributed by atoms with Gasteiger partial charge in [-0.05, 0) is 51.4 Å². The summed E-state index contributed by atoms with van der Waals surface area (Å²) in [6.07, 6.45) is 97.2. The minimum atomic E-state index is -4.39. The second kappa shape index (κ2) is 76.2. The van der Waals surface area contributed by atoms with Gasteiger partial charge >= 0.3 is 19.8 Å². The smallest absolute Gasteiger partial charge is 0.462 e. The molecule has 0 aliphatic rings. The molecule has 0 saturated carbocycles. The van der Waals surface area contributed by atoms with E-state index in [1.807, 2.05) is 0 Å². The molecule has 0 aromatic rings. The van der Waals surface area contributed by atoms with Crippen LogP contribution in [0.25, 0.3) is 0 Å². The molecule has 0 aromatic heterocycles. The van der Waals surface area contributed by atoms with E-state index in [1.54, 1.807) is 0 Å². The lowest BCUT2D eigenvalue weighted by Gasteiger charge is -2.19. The van der Waals surface area contributed by atoms with E-state index in [-0.39, 0.29) is 38.6 Å². The average Bonchev–Trinajstić information content (AvgIpc) is 3.75. The third kappa shape index (κ3) is 75.3. The molecule has 90 heavy (non-hydrogen) atoms. The van der Waals surface area contributed by atoms with Crippen LogP contribution >= 0.6 is 7.82 Å². The summed E-state index contributed by atoms with van der Waals surface area (Å²) in [5.41, 5.74) is 5.42. The second-order valence-electron chi connectivity index (χ2n) is 27.3. The molecule has 0 fully saturated rings. The number of carbonyl (C=O) groups is 2. The van der Waals surface area contributed by atoms with E-state index in [2.05, 4.69) is 50.3 Å². The zero-order valence-corrected chi connectivity index (χ0v) is 61.1. The van der Waals surface area contributed by atoms with E-state index < -0.39 is 26.5 Å². The van der Waals surface area contributed by atoms with Gasteiger partial charge in [-0.1, -0.05) is 403 Å². The molecule has 0 bridgehead atoms. The van der Waals surface area contributed by atoms with Crippen LogP contribution in [0.5, 0.6) is 0 Å². The molecule has 0 spiro atoms. The van der Waals surface area contributed by atoms with Gasteiger partial charge in [-0.3, -0.25) is 18.6 Å². The predicted molar refractivity (Wildman–Crippen MR) is 390 cm³/mol. The Morgan fingerprint density at radius 3 is 0.856 bits per heavy atom. The molecule has 0 aliphatic heterocycles. The molecular weight excluding hydrogens is 1130 g/mol. The van der Waals surface area contributed by atoms with E-state index >= 15 is 0 Å². The van der Waals surface area contributed by atoms with Gasteiger partial charge in [0.05, 0.1) is 13.2 Å². The maximum atomic E-state index is 12.8. The number of phosphoric ester groups is 1. The molecule has 0 aliphatic carbocycles. The largest absolute Gasteiger partial charge is 0.472 e. The van der Waals surface area contributed by atoms with Crippen LogP contribution in [-0.4, -0.2) is 49.3 Å². The number of hydrogen-bond acceptors (Lipinski definition) is 8. The minimum Gasteiger partial charge on any atom is -0.462 e. The summed E-state index contributed by atoms with van der Waals surface area (Å²) in [6.45, 7) is 3.82. The molecule has 0 rings (SSSR count). The van der Waals surface area contributed by atoms with Gasteiger partial charge in [0.15, 0.2) is 6.10 Å². The van der Waals surface area contributed by atoms with Crippen molar-refractivity contribution in [3.05, 3.63) is 36.5 Å². The normalized spacial score (nSPS) is 13.0. The van der Waals surface area contributed by atoms with Crippen LogP contribution in [0.15, 0.2) is 36.5 Å². The number of rotatable bonds is 77. The van der Waals surface area contributed by atoms with Crippen molar-refractivity contribution in [1.29, 1.82) is 0 Å². The first-order valence-electron chi connectivity index (χ1n) is 40.0. The molecule has 0 heterocycles. The van der Waals surface area contributed by atoms with Gasteiger partial charge in [-0.15, -0.1) is 0 Å². The molecule has 0 aromatic carbocycles. The Balaban J connectivity index is 3.74. The first-order chi connectivity index (χ1) is 44.3. The van der Waals surface area contributed by atoms with Crippen molar-refractivity contribution in [2.45, 2.75) is 437 Å². The number of hydrogen-bond donors (Lipinski definition) is 2. The van der Waals surface area contributed by atoms with Gasteiger partial charge in [0, 0.05) is 19.4 Å². The summed E-state index contributed by atoms with van der Waals surface area (Å²) in [7, 11) is -4.39. The molecular formula is C80H154NO8P. The van der Waals surface area contributed by atoms with Gasteiger partial charge < -0.3 is 20.1 Å². The highest BCUT2D eigenvalue weighted by atomic mass is 31.2. The second-order valence-corrected chi connectivity index (χ2v) is 28.8. The monoisotopic (exact) mass is 1290 g/mol. The van der Waals surface area contributed by atoms with E-state index in [1.165, 1.54) is 353 Å². The first-order valence-corrected chi connectivity index (χ1v) is 41.5. The Morgan fingerprint density at radius 2 is 0.578 bits per heavy atom. The average molecular weight is 1290 g/mol. The maximum absolute atomic E-state index is 12.8. The SMILES string of the molecule is CCCCCCC/C=C\C/C=C\C/C=C\CCCCCCCCCCCCCCCCCCCCCCCCCCC(=O)OC(COC(=O)CCCCCCCCCCCCCCCCCCCCCCCCCCCCCCCC)COP(=O)(O)OCCN. The highest BCUT2D eigenvalue weighted by Gasteiger charge is 2.26. The van der Waals surface area contributed by atoms with Gasteiger partial charge in [-0.25, -0.2) is 4.57 Å². The lowest BCUT2D eigenvalue weighted by Crippen LogP contribution is -2.29. The van der Waals surface area contributed by atoms with Crippen LogP contribution in [0.4, 0.5) is 0 Å². The summed E-state index contributed by atoms with van der Waals surface area (Å²) >= 11 is 0. The van der Waals surface area contributed by atoms with Crippen molar-refractivity contribution in [1.82, 2.24) is 0 Å². The number of unbranched alkanes of at least 4 members (excludes halogenated alkanes) is 58. The van der Waals surface area contributed by atoms with E-state index in [0.717, 1.165) is 44.9 Å². The zero-order chi connectivity index (χ0) is 65.1. The fourth-order valence-corrected chi connectivity index (χ4v) is 13.1. The summed E-state index contributed by atoms with van der Waals surface area (Å²) in [4.78, 5) is 35.4. The van der Waals surface area contributed by atoms with Crippen LogP contribution in [0.1, 0.15) is 431 Å². The van der Waals surface area contributed by atoms with Crippen LogP contribution in [-0.2, 0) is 32.7 Å². The number of esters is 2. The fourth-order valence-electron chi connectivity index (χ4n) is 12.4. The lowest BCUT2D eigenvalue weighted by atomic mass is 10.0. The van der Waals surface area contributed by atoms with Crippen LogP contribution < -0.4 is 5.73 Å². The molecule has 2 atom stereocenters. The van der Waals surface area contributed by atoms with Crippen molar-refractivity contribution in [2.75, 3.05) is 26.4 Å². The fraction of sp³-hybridized carbons (Fsp3) is 0.900. The number of carbonyl (C=O) groups excluding carboxylic acids is 2. The van der Waals surface area contributed by atoms with Crippen LogP contribution in [0, 0.1) is 0 Å². The topological polar surface area (TPSA) is 134 Å². The quantitative estimate of drug-likeness (QED) is 0.0264. The van der Waals surface area contributed by atoms with E-state index in [9.17, 15) is 19.0 Å². The standard InChI is InChI=1S/C80H154NO8P/c1-3-5-7-9-11-13-15-17-19-21-23-25-27-29-31-33-35-36-37-38-39-40-41-42-43-45-47-49-51-53-55-57-59-61-63-65-67-69-71-73-80(83)89-78(77-88-90(84,85)87-75-74-81)76-86-79(82)72-70-68-66-64-62-60-58-56-54-52-50-48-46-44-34-32-30-28-26-24-22-20-18-16-14-12-10-8-6-4-2/h15,17,21,23,27,29,78H,3-14,16,18-20,22,24-26,28,30-77,81H2,1-2H3,(H,84,85)/b17-15-,23-21-,29-27-. The Morgan fingerprint density at radius 1 is 0.333 bits per heavy atom.